The number of amides is 2. The first-order valence-corrected chi connectivity index (χ1v) is 8.18. The van der Waals surface area contributed by atoms with Crippen LogP contribution in [0.1, 0.15) is 26.3 Å². The van der Waals surface area contributed by atoms with Crippen molar-refractivity contribution in [2.75, 3.05) is 10.6 Å². The van der Waals surface area contributed by atoms with Crippen LogP contribution in [0.2, 0.25) is 0 Å². The van der Waals surface area contributed by atoms with Gasteiger partial charge in [0.2, 0.25) is 0 Å². The topological polar surface area (TPSA) is 58.2 Å². The van der Waals surface area contributed by atoms with Crippen LogP contribution in [0.4, 0.5) is 20.2 Å². The van der Waals surface area contributed by atoms with Crippen LogP contribution in [0.15, 0.2) is 66.7 Å². The van der Waals surface area contributed by atoms with Crippen molar-refractivity contribution in [2.24, 2.45) is 0 Å². The molecule has 0 saturated carbocycles. The van der Waals surface area contributed by atoms with Crippen LogP contribution in [0, 0.1) is 18.6 Å². The Morgan fingerprint density at radius 3 is 2.15 bits per heavy atom. The highest BCUT2D eigenvalue weighted by molar-refractivity contribution is 6.12. The summed E-state index contributed by atoms with van der Waals surface area (Å²) in [5.74, 6) is -3.38. The van der Waals surface area contributed by atoms with Gasteiger partial charge in [0.25, 0.3) is 11.8 Å². The molecule has 0 saturated heterocycles. The second-order valence-corrected chi connectivity index (χ2v) is 5.92. The number of halogens is 2. The maximum Gasteiger partial charge on any atom is 0.261 e. The van der Waals surface area contributed by atoms with E-state index >= 15 is 0 Å². The first-order valence-electron chi connectivity index (χ1n) is 8.18. The summed E-state index contributed by atoms with van der Waals surface area (Å²) in [4.78, 5) is 24.9. The summed E-state index contributed by atoms with van der Waals surface area (Å²) < 4.78 is 27.6. The van der Waals surface area contributed by atoms with Gasteiger partial charge in [0.1, 0.15) is 17.2 Å². The fourth-order valence-electron chi connectivity index (χ4n) is 2.61. The Labute approximate surface area is 154 Å². The van der Waals surface area contributed by atoms with Gasteiger partial charge in [-0.1, -0.05) is 30.3 Å². The number of hydrogen-bond acceptors (Lipinski definition) is 2. The lowest BCUT2D eigenvalue weighted by Gasteiger charge is -2.12. The van der Waals surface area contributed by atoms with Crippen molar-refractivity contribution in [3.63, 3.8) is 0 Å². The summed E-state index contributed by atoms with van der Waals surface area (Å²) in [6, 6.07) is 16.6. The van der Waals surface area contributed by atoms with E-state index in [1.54, 1.807) is 30.3 Å². The van der Waals surface area contributed by atoms with Crippen LogP contribution in [0.3, 0.4) is 0 Å². The number of anilines is 2. The molecule has 0 radical (unpaired) electrons. The lowest BCUT2D eigenvalue weighted by molar-refractivity contribution is 0.101. The number of carbonyl (C=O) groups excluding carboxylic acids is 2. The molecule has 0 aliphatic carbocycles. The van der Waals surface area contributed by atoms with E-state index in [1.165, 1.54) is 18.2 Å². The third kappa shape index (κ3) is 4.17. The van der Waals surface area contributed by atoms with Crippen LogP contribution < -0.4 is 10.6 Å². The lowest BCUT2D eigenvalue weighted by Crippen LogP contribution is -2.20. The van der Waals surface area contributed by atoms with Gasteiger partial charge in [-0.15, -0.1) is 0 Å². The number of carbonyl (C=O) groups is 2. The van der Waals surface area contributed by atoms with Crippen molar-refractivity contribution in [1.29, 1.82) is 0 Å². The quantitative estimate of drug-likeness (QED) is 0.698. The van der Waals surface area contributed by atoms with E-state index < -0.39 is 29.0 Å². The largest absolute Gasteiger partial charge is 0.322 e. The van der Waals surface area contributed by atoms with Gasteiger partial charge in [0.15, 0.2) is 0 Å². The van der Waals surface area contributed by atoms with Crippen molar-refractivity contribution in [3.8, 4) is 0 Å². The van der Waals surface area contributed by atoms with Crippen molar-refractivity contribution in [2.45, 2.75) is 6.92 Å². The molecular weight excluding hydrogens is 350 g/mol. The second-order valence-electron chi connectivity index (χ2n) is 5.92. The number of hydrogen-bond donors (Lipinski definition) is 2. The van der Waals surface area contributed by atoms with E-state index in [4.69, 9.17) is 0 Å². The molecule has 3 aromatic carbocycles. The Morgan fingerprint density at radius 2 is 1.44 bits per heavy atom. The first-order chi connectivity index (χ1) is 13.0. The molecule has 4 nitrogen and oxygen atoms in total. The highest BCUT2D eigenvalue weighted by Gasteiger charge is 2.19. The molecule has 0 unspecified atom stereocenters. The normalized spacial score (nSPS) is 10.3. The van der Waals surface area contributed by atoms with Crippen molar-refractivity contribution >= 4 is 23.2 Å². The summed E-state index contributed by atoms with van der Waals surface area (Å²) in [6.07, 6.45) is 0. The van der Waals surface area contributed by atoms with E-state index in [1.807, 2.05) is 13.0 Å². The molecule has 0 aromatic heterocycles. The lowest BCUT2D eigenvalue weighted by atomic mass is 10.1. The third-order valence-corrected chi connectivity index (χ3v) is 3.89. The molecule has 0 atom stereocenters. The molecule has 0 aliphatic rings. The van der Waals surface area contributed by atoms with Crippen LogP contribution in [-0.2, 0) is 0 Å². The van der Waals surface area contributed by atoms with E-state index in [-0.39, 0.29) is 11.3 Å². The van der Waals surface area contributed by atoms with Crippen molar-refractivity contribution in [3.05, 3.63) is 95.1 Å². The summed E-state index contributed by atoms with van der Waals surface area (Å²) in [5, 5.41) is 5.14. The number of nitrogens with one attached hydrogen (secondary N) is 2. The predicted octanol–water partition coefficient (Wildman–Crippen LogP) is 4.78. The molecule has 6 heteroatoms. The third-order valence-electron chi connectivity index (χ3n) is 3.89. The SMILES string of the molecule is Cc1cccc(NC(=O)c2ccccc2NC(=O)c2c(F)cccc2F)c1. The standard InChI is InChI=1S/C21H16F2N2O2/c1-13-6-4-7-14(12-13)24-20(26)15-8-2-3-11-18(15)25-21(27)19-16(22)9-5-10-17(19)23/h2-12H,1H3,(H,24,26)(H,25,27). The zero-order valence-corrected chi connectivity index (χ0v) is 14.4. The molecule has 0 spiro atoms. The van der Waals surface area contributed by atoms with E-state index in [2.05, 4.69) is 10.6 Å². The van der Waals surface area contributed by atoms with Crippen molar-refractivity contribution in [1.82, 2.24) is 0 Å². The molecule has 0 bridgehead atoms. The van der Waals surface area contributed by atoms with E-state index in [0.29, 0.717) is 5.69 Å². The Hall–Kier alpha value is -3.54. The fraction of sp³-hybridized carbons (Fsp3) is 0.0476. The summed E-state index contributed by atoms with van der Waals surface area (Å²) in [6.45, 7) is 1.90. The average molecular weight is 366 g/mol. The number of para-hydroxylation sites is 1. The van der Waals surface area contributed by atoms with Gasteiger partial charge < -0.3 is 10.6 Å². The molecule has 136 valence electrons. The van der Waals surface area contributed by atoms with Gasteiger partial charge in [-0.2, -0.15) is 0 Å². The second kappa shape index (κ2) is 7.78. The Morgan fingerprint density at radius 1 is 0.778 bits per heavy atom. The summed E-state index contributed by atoms with van der Waals surface area (Å²) in [7, 11) is 0. The van der Waals surface area contributed by atoms with Crippen LogP contribution in [-0.4, -0.2) is 11.8 Å². The van der Waals surface area contributed by atoms with E-state index in [9.17, 15) is 18.4 Å². The summed E-state index contributed by atoms with van der Waals surface area (Å²) >= 11 is 0. The zero-order valence-electron chi connectivity index (χ0n) is 14.4. The van der Waals surface area contributed by atoms with Gasteiger partial charge in [-0.05, 0) is 48.9 Å². The minimum absolute atomic E-state index is 0.148. The molecular formula is C21H16F2N2O2. The molecule has 0 heterocycles. The highest BCUT2D eigenvalue weighted by Crippen LogP contribution is 2.20. The van der Waals surface area contributed by atoms with Crippen LogP contribution >= 0.6 is 0 Å². The van der Waals surface area contributed by atoms with Gasteiger partial charge in [-0.25, -0.2) is 8.78 Å². The van der Waals surface area contributed by atoms with E-state index in [0.717, 1.165) is 17.7 Å². The Balaban J connectivity index is 1.86. The highest BCUT2D eigenvalue weighted by atomic mass is 19.1. The zero-order chi connectivity index (χ0) is 19.4. The minimum atomic E-state index is -0.978. The molecule has 2 N–H and O–H groups in total. The number of benzene rings is 3. The van der Waals surface area contributed by atoms with Gasteiger partial charge in [0, 0.05) is 5.69 Å². The average Bonchev–Trinajstić information content (AvgIpc) is 2.62. The Kier molecular flexibility index (Phi) is 5.26. The summed E-state index contributed by atoms with van der Waals surface area (Å²) in [5.41, 5.74) is 1.19. The fourth-order valence-corrected chi connectivity index (χ4v) is 2.61. The smallest absolute Gasteiger partial charge is 0.261 e. The minimum Gasteiger partial charge on any atom is -0.322 e. The molecule has 3 aromatic rings. The molecule has 0 fully saturated rings. The number of aryl methyl sites for hydroxylation is 1. The first kappa shape index (κ1) is 18.3. The van der Waals surface area contributed by atoms with Gasteiger partial charge >= 0.3 is 0 Å². The Bertz CT molecular complexity index is 998. The van der Waals surface area contributed by atoms with Gasteiger partial charge in [-0.3, -0.25) is 9.59 Å². The molecule has 27 heavy (non-hydrogen) atoms. The molecule has 2 amide bonds. The maximum atomic E-state index is 13.8. The molecule has 3 rings (SSSR count). The number of rotatable bonds is 4. The van der Waals surface area contributed by atoms with Gasteiger partial charge in [0.05, 0.1) is 11.3 Å². The monoisotopic (exact) mass is 366 g/mol. The van der Waals surface area contributed by atoms with Crippen LogP contribution in [0.25, 0.3) is 0 Å². The van der Waals surface area contributed by atoms with Crippen molar-refractivity contribution < 1.29 is 18.4 Å². The van der Waals surface area contributed by atoms with Crippen LogP contribution in [0.5, 0.6) is 0 Å². The predicted molar refractivity (Wildman–Crippen MR) is 99.9 cm³/mol. The molecule has 0 aliphatic heterocycles. The maximum absolute atomic E-state index is 13.8.